The van der Waals surface area contributed by atoms with Crippen LogP contribution in [0.2, 0.25) is 0 Å². The highest BCUT2D eigenvalue weighted by Gasteiger charge is 2.34. The van der Waals surface area contributed by atoms with E-state index in [1.165, 1.54) is 11.1 Å². The van der Waals surface area contributed by atoms with Gasteiger partial charge < -0.3 is 5.11 Å². The van der Waals surface area contributed by atoms with Crippen molar-refractivity contribution in [1.29, 1.82) is 0 Å². The Bertz CT molecular complexity index is 335. The van der Waals surface area contributed by atoms with Gasteiger partial charge in [0, 0.05) is 5.92 Å². The molecule has 0 aromatic carbocycles. The Labute approximate surface area is 99.3 Å². The topological polar surface area (TPSA) is 20.2 Å². The summed E-state index contributed by atoms with van der Waals surface area (Å²) in [5.74, 6) is 1.67. The normalized spacial score (nSPS) is 35.1. The van der Waals surface area contributed by atoms with Crippen molar-refractivity contribution in [2.75, 3.05) is 0 Å². The maximum Gasteiger partial charge on any atom is 0.0608 e. The summed E-state index contributed by atoms with van der Waals surface area (Å²) >= 11 is 0. The number of aliphatic hydroxyl groups excluding tert-OH is 1. The van der Waals surface area contributed by atoms with E-state index >= 15 is 0 Å². The third-order valence-corrected chi connectivity index (χ3v) is 4.54. The minimum absolute atomic E-state index is 0.133. The van der Waals surface area contributed by atoms with Crippen LogP contribution in [0.15, 0.2) is 22.8 Å². The SMILES string of the molecule is CC1=CCC2=C(C)CC(O)C(C(C)C)CC12. The molecule has 2 aliphatic carbocycles. The second-order valence-corrected chi connectivity index (χ2v) is 5.93. The number of allylic oxidation sites excluding steroid dienone is 3. The largest absolute Gasteiger partial charge is 0.392 e. The molecule has 3 unspecified atom stereocenters. The highest BCUT2D eigenvalue weighted by Crippen LogP contribution is 2.43. The van der Waals surface area contributed by atoms with E-state index in [1.807, 2.05) is 0 Å². The number of fused-ring (bicyclic) bond motifs is 1. The van der Waals surface area contributed by atoms with E-state index in [4.69, 9.17) is 0 Å². The van der Waals surface area contributed by atoms with Crippen molar-refractivity contribution in [2.45, 2.75) is 53.1 Å². The minimum Gasteiger partial charge on any atom is -0.392 e. The molecule has 0 aliphatic heterocycles. The number of hydrogen-bond donors (Lipinski definition) is 1. The van der Waals surface area contributed by atoms with Crippen LogP contribution in [0.25, 0.3) is 0 Å². The van der Waals surface area contributed by atoms with Gasteiger partial charge in [-0.3, -0.25) is 0 Å². The van der Waals surface area contributed by atoms with Crippen LogP contribution in [0.1, 0.15) is 47.0 Å². The van der Waals surface area contributed by atoms with Crippen molar-refractivity contribution < 1.29 is 5.11 Å². The molecule has 2 rings (SSSR count). The lowest BCUT2D eigenvalue weighted by Gasteiger charge is -2.27. The molecule has 1 N–H and O–H groups in total. The summed E-state index contributed by atoms with van der Waals surface area (Å²) in [7, 11) is 0. The van der Waals surface area contributed by atoms with Gasteiger partial charge in [-0.15, -0.1) is 0 Å². The zero-order valence-corrected chi connectivity index (χ0v) is 11.0. The first-order valence-electron chi connectivity index (χ1n) is 6.54. The summed E-state index contributed by atoms with van der Waals surface area (Å²) in [5, 5.41) is 10.3. The average Bonchev–Trinajstić information content (AvgIpc) is 2.49. The summed E-state index contributed by atoms with van der Waals surface area (Å²) in [6.07, 6.45) is 5.40. The number of rotatable bonds is 1. The van der Waals surface area contributed by atoms with Gasteiger partial charge in [0.15, 0.2) is 0 Å². The van der Waals surface area contributed by atoms with Gasteiger partial charge in [-0.25, -0.2) is 0 Å². The monoisotopic (exact) mass is 220 g/mol. The van der Waals surface area contributed by atoms with Gasteiger partial charge >= 0.3 is 0 Å². The van der Waals surface area contributed by atoms with Crippen molar-refractivity contribution in [2.24, 2.45) is 17.8 Å². The predicted octanol–water partition coefficient (Wildman–Crippen LogP) is 3.70. The molecular formula is C15H24O. The lowest BCUT2D eigenvalue weighted by atomic mass is 9.81. The molecule has 3 atom stereocenters. The fraction of sp³-hybridized carbons (Fsp3) is 0.733. The Balaban J connectivity index is 2.28. The third-order valence-electron chi connectivity index (χ3n) is 4.54. The van der Waals surface area contributed by atoms with Crippen LogP contribution in [0, 0.1) is 17.8 Å². The molecule has 0 heterocycles. The van der Waals surface area contributed by atoms with Gasteiger partial charge in [-0.05, 0) is 44.9 Å². The molecule has 0 aromatic heterocycles. The lowest BCUT2D eigenvalue weighted by Crippen LogP contribution is -2.25. The van der Waals surface area contributed by atoms with Gasteiger partial charge in [0.05, 0.1) is 6.10 Å². The summed E-state index contributed by atoms with van der Waals surface area (Å²) in [6.45, 7) is 8.94. The molecular weight excluding hydrogens is 196 g/mol. The van der Waals surface area contributed by atoms with E-state index < -0.39 is 0 Å². The number of aliphatic hydroxyl groups is 1. The maximum absolute atomic E-state index is 10.3. The van der Waals surface area contributed by atoms with Gasteiger partial charge in [-0.1, -0.05) is 36.6 Å². The first kappa shape index (κ1) is 11.9. The molecule has 2 aliphatic rings. The zero-order chi connectivity index (χ0) is 11.9. The minimum atomic E-state index is -0.133. The molecule has 0 bridgehead atoms. The Morgan fingerprint density at radius 1 is 1.31 bits per heavy atom. The van der Waals surface area contributed by atoms with Crippen LogP contribution >= 0.6 is 0 Å². The Hall–Kier alpha value is -0.560. The molecule has 1 nitrogen and oxygen atoms in total. The van der Waals surface area contributed by atoms with Crippen molar-refractivity contribution in [3.63, 3.8) is 0 Å². The smallest absolute Gasteiger partial charge is 0.0608 e. The molecule has 1 heteroatoms. The first-order valence-corrected chi connectivity index (χ1v) is 6.54. The van der Waals surface area contributed by atoms with Gasteiger partial charge in [0.2, 0.25) is 0 Å². The van der Waals surface area contributed by atoms with E-state index in [2.05, 4.69) is 33.8 Å². The van der Waals surface area contributed by atoms with E-state index in [1.54, 1.807) is 5.57 Å². The van der Waals surface area contributed by atoms with E-state index in [0.29, 0.717) is 17.8 Å². The molecule has 0 aromatic rings. The van der Waals surface area contributed by atoms with Crippen LogP contribution in [-0.2, 0) is 0 Å². The summed E-state index contributed by atoms with van der Waals surface area (Å²) in [6, 6.07) is 0. The van der Waals surface area contributed by atoms with E-state index in [-0.39, 0.29) is 6.10 Å². The second-order valence-electron chi connectivity index (χ2n) is 5.93. The van der Waals surface area contributed by atoms with Crippen molar-refractivity contribution >= 4 is 0 Å². The molecule has 0 fully saturated rings. The van der Waals surface area contributed by atoms with Crippen LogP contribution in [-0.4, -0.2) is 11.2 Å². The van der Waals surface area contributed by atoms with E-state index in [0.717, 1.165) is 19.3 Å². The van der Waals surface area contributed by atoms with Crippen LogP contribution < -0.4 is 0 Å². The van der Waals surface area contributed by atoms with Crippen LogP contribution in [0.5, 0.6) is 0 Å². The Morgan fingerprint density at radius 2 is 2.00 bits per heavy atom. The zero-order valence-electron chi connectivity index (χ0n) is 11.0. The summed E-state index contributed by atoms with van der Waals surface area (Å²) in [4.78, 5) is 0. The molecule has 90 valence electrons. The summed E-state index contributed by atoms with van der Waals surface area (Å²) < 4.78 is 0. The van der Waals surface area contributed by atoms with Gasteiger partial charge in [-0.2, -0.15) is 0 Å². The average molecular weight is 220 g/mol. The van der Waals surface area contributed by atoms with Gasteiger partial charge in [0.25, 0.3) is 0 Å². The second kappa shape index (κ2) is 4.37. The van der Waals surface area contributed by atoms with Crippen molar-refractivity contribution in [3.05, 3.63) is 22.8 Å². The Kier molecular flexibility index (Phi) is 3.25. The molecule has 0 radical (unpaired) electrons. The first-order chi connectivity index (χ1) is 7.50. The molecule has 16 heavy (non-hydrogen) atoms. The molecule has 0 amide bonds. The van der Waals surface area contributed by atoms with Gasteiger partial charge in [0.1, 0.15) is 0 Å². The molecule has 0 spiro atoms. The highest BCUT2D eigenvalue weighted by molar-refractivity contribution is 5.34. The van der Waals surface area contributed by atoms with Crippen LogP contribution in [0.4, 0.5) is 0 Å². The molecule has 0 saturated heterocycles. The maximum atomic E-state index is 10.3. The predicted molar refractivity (Wildman–Crippen MR) is 68.1 cm³/mol. The highest BCUT2D eigenvalue weighted by atomic mass is 16.3. The van der Waals surface area contributed by atoms with Crippen LogP contribution in [0.3, 0.4) is 0 Å². The van der Waals surface area contributed by atoms with Crippen molar-refractivity contribution in [1.82, 2.24) is 0 Å². The fourth-order valence-corrected chi connectivity index (χ4v) is 3.37. The number of hydrogen-bond acceptors (Lipinski definition) is 1. The molecule has 0 saturated carbocycles. The fourth-order valence-electron chi connectivity index (χ4n) is 3.37. The standard InChI is InChI=1S/C15H24O/c1-9(2)13-8-14-10(3)5-6-12(14)11(4)7-15(13)16/h5,9,13-16H,6-8H2,1-4H3. The summed E-state index contributed by atoms with van der Waals surface area (Å²) in [5.41, 5.74) is 4.56. The van der Waals surface area contributed by atoms with E-state index in [9.17, 15) is 5.11 Å². The lowest BCUT2D eigenvalue weighted by molar-refractivity contribution is 0.0756. The van der Waals surface area contributed by atoms with Crippen molar-refractivity contribution in [3.8, 4) is 0 Å². The third kappa shape index (κ3) is 1.98. The quantitative estimate of drug-likeness (QED) is 0.668. The Morgan fingerprint density at radius 3 is 2.62 bits per heavy atom.